The molecule has 0 aliphatic carbocycles. The summed E-state index contributed by atoms with van der Waals surface area (Å²) in [6, 6.07) is 10.5. The molecule has 6 N–H and O–H groups in total. The lowest BCUT2D eigenvalue weighted by Crippen LogP contribution is -2.33. The van der Waals surface area contributed by atoms with Crippen LogP contribution in [0.15, 0.2) is 45.9 Å². The van der Waals surface area contributed by atoms with Crippen molar-refractivity contribution in [1.29, 1.82) is 10.5 Å². The lowest BCUT2D eigenvalue weighted by molar-refractivity contribution is 0.302. The molecule has 9 nitrogen and oxygen atoms in total. The third-order valence-corrected chi connectivity index (χ3v) is 5.87. The fraction of sp³-hybridized carbons (Fsp3) is 0.0909. The first-order chi connectivity index (χ1) is 16.3. The van der Waals surface area contributed by atoms with Crippen molar-refractivity contribution in [3.8, 4) is 18.0 Å². The zero-order valence-electron chi connectivity index (χ0n) is 17.2. The van der Waals surface area contributed by atoms with Gasteiger partial charge in [0, 0.05) is 21.2 Å². The summed E-state index contributed by atoms with van der Waals surface area (Å²) in [5, 5.41) is 24.2. The number of nitrogens with zero attached hydrogens (tertiary/aromatic N) is 4. The monoisotopic (exact) mass is 540 g/mol. The van der Waals surface area contributed by atoms with E-state index in [9.17, 15) is 9.65 Å². The van der Waals surface area contributed by atoms with Crippen LogP contribution in [0, 0.1) is 28.6 Å². The molecule has 2 heterocycles. The SMILES string of the molecule is N#CNC1=NC(c2cc(Br)ccc2OCc2ccc(F)cc2Cl)c2c(nc(N)c(C#N)c2N)N1. The second-order valence-electron chi connectivity index (χ2n) is 7.11. The Morgan fingerprint density at radius 2 is 2.03 bits per heavy atom. The van der Waals surface area contributed by atoms with Gasteiger partial charge < -0.3 is 21.5 Å². The van der Waals surface area contributed by atoms with Crippen LogP contribution in [0.4, 0.5) is 21.7 Å². The van der Waals surface area contributed by atoms with E-state index < -0.39 is 11.9 Å². The maximum atomic E-state index is 13.4. The van der Waals surface area contributed by atoms with Crippen molar-refractivity contribution in [1.82, 2.24) is 10.3 Å². The quantitative estimate of drug-likeness (QED) is 0.283. The van der Waals surface area contributed by atoms with Crippen molar-refractivity contribution in [2.45, 2.75) is 12.6 Å². The highest BCUT2D eigenvalue weighted by molar-refractivity contribution is 9.10. The summed E-state index contributed by atoms with van der Waals surface area (Å²) in [5.41, 5.74) is 13.9. The topological polar surface area (TPSA) is 158 Å². The lowest BCUT2D eigenvalue weighted by atomic mass is 9.94. The Morgan fingerprint density at radius 1 is 1.24 bits per heavy atom. The first-order valence-corrected chi connectivity index (χ1v) is 10.8. The average molecular weight is 542 g/mol. The van der Waals surface area contributed by atoms with Crippen LogP contribution in [0.3, 0.4) is 0 Å². The van der Waals surface area contributed by atoms with Crippen LogP contribution in [0.1, 0.15) is 28.3 Å². The number of anilines is 3. The van der Waals surface area contributed by atoms with Crippen LogP contribution in [0.5, 0.6) is 5.75 Å². The van der Waals surface area contributed by atoms with Gasteiger partial charge in [0.2, 0.25) is 5.96 Å². The Hall–Kier alpha value is -4.06. The Bertz CT molecular complexity index is 1420. The van der Waals surface area contributed by atoms with Gasteiger partial charge in [-0.25, -0.2) is 14.4 Å². The number of aliphatic imine (C=N–C) groups is 1. The van der Waals surface area contributed by atoms with E-state index in [1.54, 1.807) is 24.4 Å². The maximum absolute atomic E-state index is 13.4. The number of rotatable bonds is 4. The summed E-state index contributed by atoms with van der Waals surface area (Å²) in [7, 11) is 0. The van der Waals surface area contributed by atoms with Gasteiger partial charge in [-0.3, -0.25) is 5.32 Å². The average Bonchev–Trinajstić information content (AvgIpc) is 2.79. The summed E-state index contributed by atoms with van der Waals surface area (Å²) < 4.78 is 20.2. The van der Waals surface area contributed by atoms with Gasteiger partial charge in [-0.05, 0) is 30.3 Å². The second kappa shape index (κ2) is 9.43. The van der Waals surface area contributed by atoms with E-state index >= 15 is 0 Å². The lowest BCUT2D eigenvalue weighted by Gasteiger charge is -2.27. The van der Waals surface area contributed by atoms with Crippen molar-refractivity contribution >= 4 is 50.8 Å². The number of guanidine groups is 1. The molecule has 0 radical (unpaired) electrons. The van der Waals surface area contributed by atoms with Gasteiger partial charge in [-0.1, -0.05) is 33.6 Å². The van der Waals surface area contributed by atoms with Crippen molar-refractivity contribution < 1.29 is 9.13 Å². The number of nitrogens with two attached hydrogens (primary N) is 2. The third-order valence-electron chi connectivity index (χ3n) is 5.02. The Kier molecular flexibility index (Phi) is 6.41. The van der Waals surface area contributed by atoms with E-state index in [1.165, 1.54) is 18.2 Å². The summed E-state index contributed by atoms with van der Waals surface area (Å²) in [6.07, 6.45) is 1.80. The predicted octanol–water partition coefficient (Wildman–Crippen LogP) is 4.19. The number of pyridine rings is 1. The molecular formula is C22H15BrClFN8O. The molecule has 1 atom stereocenters. The normalized spacial score (nSPS) is 14.1. The van der Waals surface area contributed by atoms with Crippen LogP contribution in [-0.4, -0.2) is 10.9 Å². The highest BCUT2D eigenvalue weighted by atomic mass is 79.9. The van der Waals surface area contributed by atoms with Gasteiger partial charge in [0.15, 0.2) is 6.19 Å². The smallest absolute Gasteiger partial charge is 0.211 e. The fourth-order valence-electron chi connectivity index (χ4n) is 3.46. The van der Waals surface area contributed by atoms with Gasteiger partial charge in [0.05, 0.1) is 10.7 Å². The number of nitrogen functional groups attached to an aromatic ring is 2. The minimum Gasteiger partial charge on any atom is -0.488 e. The molecule has 1 aliphatic rings. The highest BCUT2D eigenvalue weighted by Crippen LogP contribution is 2.44. The fourth-order valence-corrected chi connectivity index (χ4v) is 4.07. The summed E-state index contributed by atoms with van der Waals surface area (Å²) >= 11 is 9.59. The molecule has 12 heteroatoms. The Balaban J connectivity index is 1.83. The van der Waals surface area contributed by atoms with E-state index in [1.807, 2.05) is 6.07 Å². The molecule has 2 aromatic carbocycles. The number of benzene rings is 2. The Morgan fingerprint density at radius 3 is 2.74 bits per heavy atom. The number of nitrogens with one attached hydrogen (secondary N) is 2. The molecule has 0 amide bonds. The van der Waals surface area contributed by atoms with Crippen LogP contribution < -0.4 is 26.8 Å². The molecule has 170 valence electrons. The van der Waals surface area contributed by atoms with Crippen LogP contribution in [0.25, 0.3) is 0 Å². The second-order valence-corrected chi connectivity index (χ2v) is 8.43. The van der Waals surface area contributed by atoms with E-state index in [0.29, 0.717) is 22.4 Å². The predicted molar refractivity (Wildman–Crippen MR) is 129 cm³/mol. The van der Waals surface area contributed by atoms with Gasteiger partial charge in [-0.2, -0.15) is 10.5 Å². The molecule has 0 saturated carbocycles. The molecule has 0 bridgehead atoms. The number of hydrogen-bond donors (Lipinski definition) is 4. The number of fused-ring (bicyclic) bond motifs is 1. The summed E-state index contributed by atoms with van der Waals surface area (Å²) in [4.78, 5) is 8.81. The molecule has 1 aromatic heterocycles. The minimum absolute atomic E-state index is 0.0213. The molecule has 0 fully saturated rings. The number of aromatic nitrogens is 1. The van der Waals surface area contributed by atoms with Crippen LogP contribution >= 0.6 is 27.5 Å². The number of halogens is 3. The van der Waals surface area contributed by atoms with Crippen LogP contribution in [0.2, 0.25) is 5.02 Å². The van der Waals surface area contributed by atoms with E-state index in [2.05, 4.69) is 36.5 Å². The van der Waals surface area contributed by atoms with Crippen molar-refractivity contribution in [3.05, 3.63) is 74.0 Å². The van der Waals surface area contributed by atoms with Gasteiger partial charge in [-0.15, -0.1) is 0 Å². The molecule has 3 aromatic rings. The minimum atomic E-state index is -0.802. The summed E-state index contributed by atoms with van der Waals surface area (Å²) in [5.74, 6) is 0.283. The highest BCUT2D eigenvalue weighted by Gasteiger charge is 2.31. The first kappa shape index (κ1) is 23.1. The molecule has 1 unspecified atom stereocenters. The number of hydrogen-bond acceptors (Lipinski definition) is 9. The van der Waals surface area contributed by atoms with Crippen molar-refractivity contribution in [3.63, 3.8) is 0 Å². The molecule has 1 aliphatic heterocycles. The molecular weight excluding hydrogens is 527 g/mol. The van der Waals surface area contributed by atoms with Crippen LogP contribution in [-0.2, 0) is 6.61 Å². The molecule has 4 rings (SSSR count). The maximum Gasteiger partial charge on any atom is 0.211 e. The third kappa shape index (κ3) is 4.39. The molecule has 0 spiro atoms. The van der Waals surface area contributed by atoms with Crippen molar-refractivity contribution in [2.75, 3.05) is 16.8 Å². The van der Waals surface area contributed by atoms with E-state index in [4.69, 9.17) is 33.1 Å². The van der Waals surface area contributed by atoms with Gasteiger partial charge >= 0.3 is 0 Å². The molecule has 0 saturated heterocycles. The van der Waals surface area contributed by atoms with Gasteiger partial charge in [0.1, 0.15) is 47.5 Å². The zero-order chi connectivity index (χ0) is 24.4. The Labute approximate surface area is 206 Å². The van der Waals surface area contributed by atoms with E-state index in [-0.39, 0.29) is 40.5 Å². The largest absolute Gasteiger partial charge is 0.488 e. The number of nitriles is 2. The number of ether oxygens (including phenoxy) is 1. The first-order valence-electron chi connectivity index (χ1n) is 9.67. The van der Waals surface area contributed by atoms with Gasteiger partial charge in [0.25, 0.3) is 0 Å². The standard InChI is InChI=1S/C22H15BrClFN8O/c23-11-2-4-16(34-8-10-1-3-12(25)6-15(10)24)13(5-11)19-17-18(28)14(7-26)20(29)32-21(17)33-22(31-19)30-9-27/h1-6,19H,8H2,(H6,28,29,30,31,32,33). The molecule has 34 heavy (non-hydrogen) atoms. The summed E-state index contributed by atoms with van der Waals surface area (Å²) in [6.45, 7) is 0.0531. The van der Waals surface area contributed by atoms with Crippen molar-refractivity contribution in [2.24, 2.45) is 4.99 Å². The van der Waals surface area contributed by atoms with E-state index in [0.717, 1.165) is 4.47 Å². The zero-order valence-corrected chi connectivity index (χ0v) is 19.6.